The first-order valence-electron chi connectivity index (χ1n) is 7.15. The highest BCUT2D eigenvalue weighted by Gasteiger charge is 2.32. The Hall–Kier alpha value is -1.06. The largest absolute Gasteiger partial charge is 0.497 e. The van der Waals surface area contributed by atoms with Crippen molar-refractivity contribution in [2.45, 2.75) is 44.8 Å². The summed E-state index contributed by atoms with van der Waals surface area (Å²) in [7, 11) is 1.70. The molecule has 2 unspecified atom stereocenters. The van der Waals surface area contributed by atoms with Gasteiger partial charge in [0.05, 0.1) is 12.7 Å². The van der Waals surface area contributed by atoms with E-state index >= 15 is 0 Å². The average Bonchev–Trinajstić information content (AvgIpc) is 2.39. The van der Waals surface area contributed by atoms with Gasteiger partial charge in [-0.2, -0.15) is 0 Å². The first-order chi connectivity index (χ1) is 9.15. The quantitative estimate of drug-likeness (QED) is 0.886. The molecule has 0 radical (unpaired) electrons. The predicted molar refractivity (Wildman–Crippen MR) is 77.8 cm³/mol. The van der Waals surface area contributed by atoms with Crippen LogP contribution in [0.5, 0.6) is 5.75 Å². The second kappa shape index (κ2) is 6.40. The van der Waals surface area contributed by atoms with Gasteiger partial charge in [-0.3, -0.25) is 0 Å². The van der Waals surface area contributed by atoms with Gasteiger partial charge >= 0.3 is 0 Å². The Morgan fingerprint density at radius 2 is 2.11 bits per heavy atom. The van der Waals surface area contributed by atoms with E-state index in [-0.39, 0.29) is 5.60 Å². The molecule has 2 atom stereocenters. The number of hydrogen-bond donors (Lipinski definition) is 1. The predicted octanol–water partition coefficient (Wildman–Crippen LogP) is 2.78. The minimum atomic E-state index is -0.0559. The number of ether oxygens (including phenoxy) is 2. The fraction of sp³-hybridized carbons (Fsp3) is 0.625. The molecule has 1 fully saturated rings. The van der Waals surface area contributed by atoms with Gasteiger partial charge in [-0.25, -0.2) is 0 Å². The summed E-state index contributed by atoms with van der Waals surface area (Å²) in [5, 5.41) is 3.54. The number of benzene rings is 1. The van der Waals surface area contributed by atoms with Gasteiger partial charge in [-0.15, -0.1) is 0 Å². The maximum absolute atomic E-state index is 6.03. The maximum atomic E-state index is 6.03. The van der Waals surface area contributed by atoms with Crippen LogP contribution in [-0.2, 0) is 11.2 Å². The van der Waals surface area contributed by atoms with Crippen LogP contribution in [0.3, 0.4) is 0 Å². The summed E-state index contributed by atoms with van der Waals surface area (Å²) < 4.78 is 11.2. The minimum Gasteiger partial charge on any atom is -0.497 e. The lowest BCUT2D eigenvalue weighted by Gasteiger charge is -2.39. The lowest BCUT2D eigenvalue weighted by molar-refractivity contribution is -0.0751. The van der Waals surface area contributed by atoms with Crippen LogP contribution < -0.4 is 10.1 Å². The standard InChI is InChI=1S/C16H25NO2/c1-4-17-14-9-10-19-16(2,12-14)11-13-5-7-15(18-3)8-6-13/h5-8,14,17H,4,9-12H2,1-3H3. The molecule has 0 spiro atoms. The molecule has 0 aromatic heterocycles. The van der Waals surface area contributed by atoms with Crippen molar-refractivity contribution in [3.63, 3.8) is 0 Å². The number of rotatable bonds is 5. The van der Waals surface area contributed by atoms with Gasteiger partial charge in [0.15, 0.2) is 0 Å². The second-order valence-electron chi connectivity index (χ2n) is 5.57. The highest BCUT2D eigenvalue weighted by Crippen LogP contribution is 2.29. The van der Waals surface area contributed by atoms with Gasteiger partial charge in [-0.05, 0) is 44.0 Å². The molecule has 3 nitrogen and oxygen atoms in total. The van der Waals surface area contributed by atoms with Crippen LogP contribution in [0.2, 0.25) is 0 Å². The van der Waals surface area contributed by atoms with Crippen LogP contribution in [-0.4, -0.2) is 31.9 Å². The summed E-state index contributed by atoms with van der Waals surface area (Å²) in [5.74, 6) is 0.906. The van der Waals surface area contributed by atoms with Crippen molar-refractivity contribution in [2.24, 2.45) is 0 Å². The molecule has 1 aliphatic rings. The molecule has 3 heteroatoms. The van der Waals surface area contributed by atoms with E-state index in [4.69, 9.17) is 9.47 Å². The molecule has 1 aromatic rings. The van der Waals surface area contributed by atoms with E-state index in [2.05, 4.69) is 31.3 Å². The molecule has 0 saturated carbocycles. The SMILES string of the molecule is CCNC1CCOC(C)(Cc2ccc(OC)cc2)C1. The molecule has 19 heavy (non-hydrogen) atoms. The monoisotopic (exact) mass is 263 g/mol. The minimum absolute atomic E-state index is 0.0559. The number of nitrogens with one attached hydrogen (secondary N) is 1. The summed E-state index contributed by atoms with van der Waals surface area (Å²) >= 11 is 0. The summed E-state index contributed by atoms with van der Waals surface area (Å²) in [6.45, 7) is 6.27. The fourth-order valence-electron chi connectivity index (χ4n) is 2.89. The Labute approximate surface area is 116 Å². The summed E-state index contributed by atoms with van der Waals surface area (Å²) in [6.07, 6.45) is 3.15. The number of hydrogen-bond acceptors (Lipinski definition) is 3. The molecule has 1 N–H and O–H groups in total. The topological polar surface area (TPSA) is 30.5 Å². The van der Waals surface area contributed by atoms with E-state index in [9.17, 15) is 0 Å². The third kappa shape index (κ3) is 3.95. The van der Waals surface area contributed by atoms with E-state index in [0.717, 1.165) is 38.2 Å². The first kappa shape index (κ1) is 14.4. The highest BCUT2D eigenvalue weighted by atomic mass is 16.5. The average molecular weight is 263 g/mol. The van der Waals surface area contributed by atoms with Crippen LogP contribution in [0.4, 0.5) is 0 Å². The summed E-state index contributed by atoms with van der Waals surface area (Å²) in [4.78, 5) is 0. The van der Waals surface area contributed by atoms with Crippen LogP contribution in [0.15, 0.2) is 24.3 Å². The molecule has 0 aliphatic carbocycles. The van der Waals surface area contributed by atoms with E-state index in [1.54, 1.807) is 7.11 Å². The first-order valence-corrected chi connectivity index (χ1v) is 7.15. The van der Waals surface area contributed by atoms with Crippen molar-refractivity contribution >= 4 is 0 Å². The zero-order valence-corrected chi connectivity index (χ0v) is 12.2. The summed E-state index contributed by atoms with van der Waals surface area (Å²) in [5.41, 5.74) is 1.25. The Bertz CT molecular complexity index is 388. The van der Waals surface area contributed by atoms with Gasteiger partial charge in [0.25, 0.3) is 0 Å². The molecule has 0 bridgehead atoms. The Balaban J connectivity index is 1.99. The maximum Gasteiger partial charge on any atom is 0.118 e. The zero-order valence-electron chi connectivity index (χ0n) is 12.2. The van der Waals surface area contributed by atoms with E-state index in [1.807, 2.05) is 12.1 Å². The normalized spacial score (nSPS) is 27.2. The van der Waals surface area contributed by atoms with Crippen LogP contribution in [0, 0.1) is 0 Å². The molecule has 2 rings (SSSR count). The van der Waals surface area contributed by atoms with E-state index in [1.165, 1.54) is 5.56 Å². The van der Waals surface area contributed by atoms with Gasteiger partial charge in [0.2, 0.25) is 0 Å². The second-order valence-corrected chi connectivity index (χ2v) is 5.57. The zero-order chi connectivity index (χ0) is 13.7. The van der Waals surface area contributed by atoms with Gasteiger partial charge in [0, 0.05) is 19.1 Å². The van der Waals surface area contributed by atoms with Crippen LogP contribution in [0.25, 0.3) is 0 Å². The number of methoxy groups -OCH3 is 1. The third-order valence-corrected chi connectivity index (χ3v) is 3.82. The van der Waals surface area contributed by atoms with E-state index < -0.39 is 0 Å². The molecular weight excluding hydrogens is 238 g/mol. The van der Waals surface area contributed by atoms with Crippen molar-refractivity contribution in [1.82, 2.24) is 5.32 Å². The Morgan fingerprint density at radius 1 is 1.37 bits per heavy atom. The lowest BCUT2D eigenvalue weighted by atomic mass is 9.86. The fourth-order valence-corrected chi connectivity index (χ4v) is 2.89. The van der Waals surface area contributed by atoms with Crippen LogP contribution in [0.1, 0.15) is 32.3 Å². The molecule has 1 aromatic carbocycles. The molecule has 1 aliphatic heterocycles. The molecule has 1 heterocycles. The molecular formula is C16H25NO2. The summed E-state index contributed by atoms with van der Waals surface area (Å²) in [6, 6.07) is 8.88. The van der Waals surface area contributed by atoms with E-state index in [0.29, 0.717) is 6.04 Å². The molecule has 106 valence electrons. The Kier molecular flexibility index (Phi) is 4.83. The van der Waals surface area contributed by atoms with Crippen molar-refractivity contribution in [2.75, 3.05) is 20.3 Å². The smallest absolute Gasteiger partial charge is 0.118 e. The van der Waals surface area contributed by atoms with Crippen LogP contribution >= 0.6 is 0 Å². The lowest BCUT2D eigenvalue weighted by Crippen LogP contribution is -2.46. The van der Waals surface area contributed by atoms with Crippen molar-refractivity contribution < 1.29 is 9.47 Å². The van der Waals surface area contributed by atoms with Crippen molar-refractivity contribution in [1.29, 1.82) is 0 Å². The van der Waals surface area contributed by atoms with Crippen molar-refractivity contribution in [3.05, 3.63) is 29.8 Å². The van der Waals surface area contributed by atoms with Gasteiger partial charge < -0.3 is 14.8 Å². The molecule has 1 saturated heterocycles. The van der Waals surface area contributed by atoms with Gasteiger partial charge in [0.1, 0.15) is 5.75 Å². The third-order valence-electron chi connectivity index (χ3n) is 3.82. The Morgan fingerprint density at radius 3 is 2.74 bits per heavy atom. The molecule has 0 amide bonds. The van der Waals surface area contributed by atoms with Crippen molar-refractivity contribution in [3.8, 4) is 5.75 Å². The highest BCUT2D eigenvalue weighted by molar-refractivity contribution is 5.28. The van der Waals surface area contributed by atoms with Gasteiger partial charge in [-0.1, -0.05) is 19.1 Å².